The van der Waals surface area contributed by atoms with Crippen molar-refractivity contribution in [3.05, 3.63) is 24.3 Å². The Balaban J connectivity index is 2.06. The van der Waals surface area contributed by atoms with Crippen molar-refractivity contribution in [1.82, 2.24) is 25.7 Å². The van der Waals surface area contributed by atoms with Crippen LogP contribution >= 0.6 is 0 Å². The molecule has 1 heterocycles. The van der Waals surface area contributed by atoms with E-state index < -0.39 is 0 Å². The van der Waals surface area contributed by atoms with Crippen LogP contribution in [0.15, 0.2) is 24.3 Å². The number of nitrogens with one attached hydrogen (secondary N) is 2. The summed E-state index contributed by atoms with van der Waals surface area (Å²) in [6, 6.07) is 7.80. The van der Waals surface area contributed by atoms with E-state index in [9.17, 15) is 0 Å². The highest BCUT2D eigenvalue weighted by atomic mass is 16.6. The Labute approximate surface area is 98.7 Å². The summed E-state index contributed by atoms with van der Waals surface area (Å²) in [6.07, 6.45) is 0. The highest BCUT2D eigenvalue weighted by Gasteiger charge is 2.04. The van der Waals surface area contributed by atoms with Gasteiger partial charge in [-0.25, -0.2) is 10.2 Å². The Hall–Kier alpha value is -1.99. The molecule has 0 unspecified atom stereocenters. The van der Waals surface area contributed by atoms with Crippen LogP contribution in [0.3, 0.4) is 0 Å². The molecule has 0 saturated carbocycles. The van der Waals surface area contributed by atoms with Gasteiger partial charge >= 0.3 is 0 Å². The van der Waals surface area contributed by atoms with E-state index in [2.05, 4.69) is 26.3 Å². The van der Waals surface area contributed by atoms with Crippen molar-refractivity contribution in [2.24, 2.45) is 7.05 Å². The quantitative estimate of drug-likeness (QED) is 0.443. The Morgan fingerprint density at radius 1 is 1.29 bits per heavy atom. The first-order valence-corrected chi connectivity index (χ1v) is 5.16. The number of nitrogens with zero attached hydrogens (tertiary/aromatic N) is 4. The van der Waals surface area contributed by atoms with Crippen LogP contribution in [-0.4, -0.2) is 34.0 Å². The third kappa shape index (κ3) is 2.77. The molecule has 0 aliphatic carbocycles. The molecule has 90 valence electrons. The first-order valence-electron chi connectivity index (χ1n) is 5.16. The van der Waals surface area contributed by atoms with Gasteiger partial charge in [-0.3, -0.25) is 4.84 Å². The normalized spacial score (nSPS) is 10.5. The smallest absolute Gasteiger partial charge is 0.181 e. The molecule has 1 aromatic carbocycles. The van der Waals surface area contributed by atoms with E-state index >= 15 is 0 Å². The Kier molecular flexibility index (Phi) is 3.63. The highest BCUT2D eigenvalue weighted by Crippen LogP contribution is 2.17. The first-order chi connectivity index (χ1) is 8.31. The minimum absolute atomic E-state index is 0.404. The average Bonchev–Trinajstić information content (AvgIpc) is 2.77. The van der Waals surface area contributed by atoms with E-state index in [0.29, 0.717) is 6.73 Å². The fourth-order valence-corrected chi connectivity index (χ4v) is 1.40. The zero-order valence-corrected chi connectivity index (χ0v) is 9.71. The molecular formula is C10H14N6O. The maximum atomic E-state index is 4.96. The molecule has 0 aliphatic rings. The minimum Gasteiger partial charge on any atom is -0.361 e. The molecule has 0 amide bonds. The van der Waals surface area contributed by atoms with Crippen molar-refractivity contribution in [3.8, 4) is 11.4 Å². The second kappa shape index (κ2) is 5.37. The van der Waals surface area contributed by atoms with Gasteiger partial charge in [0.15, 0.2) is 5.82 Å². The number of hydrogen-bond acceptors (Lipinski definition) is 6. The fourth-order valence-electron chi connectivity index (χ4n) is 1.40. The molecule has 1 aromatic heterocycles. The molecule has 7 heteroatoms. The van der Waals surface area contributed by atoms with Crippen molar-refractivity contribution in [2.45, 2.75) is 0 Å². The van der Waals surface area contributed by atoms with Crippen LogP contribution < -0.4 is 10.8 Å². The second-order valence-corrected chi connectivity index (χ2v) is 3.37. The molecule has 17 heavy (non-hydrogen) atoms. The zero-order chi connectivity index (χ0) is 12.1. The van der Waals surface area contributed by atoms with Gasteiger partial charge in [-0.1, -0.05) is 0 Å². The van der Waals surface area contributed by atoms with E-state index in [0.717, 1.165) is 17.1 Å². The van der Waals surface area contributed by atoms with Gasteiger partial charge in [0.2, 0.25) is 0 Å². The van der Waals surface area contributed by atoms with E-state index in [1.54, 1.807) is 11.7 Å². The van der Waals surface area contributed by atoms with E-state index in [4.69, 9.17) is 4.84 Å². The van der Waals surface area contributed by atoms with Crippen molar-refractivity contribution < 1.29 is 4.84 Å². The lowest BCUT2D eigenvalue weighted by Gasteiger charge is -2.06. The lowest BCUT2D eigenvalue weighted by molar-refractivity contribution is 0.0727. The van der Waals surface area contributed by atoms with E-state index in [-0.39, 0.29) is 0 Å². The van der Waals surface area contributed by atoms with Gasteiger partial charge < -0.3 is 5.32 Å². The number of tetrazole rings is 1. The Morgan fingerprint density at radius 3 is 2.65 bits per heavy atom. The molecule has 2 rings (SSSR count). The third-order valence-electron chi connectivity index (χ3n) is 2.26. The topological polar surface area (TPSA) is 76.9 Å². The minimum atomic E-state index is 0.404. The average molecular weight is 234 g/mol. The van der Waals surface area contributed by atoms with Crippen molar-refractivity contribution in [2.75, 3.05) is 19.1 Å². The molecule has 0 spiro atoms. The number of rotatable bonds is 5. The van der Waals surface area contributed by atoms with Crippen molar-refractivity contribution >= 4 is 5.69 Å². The molecule has 0 radical (unpaired) electrons. The van der Waals surface area contributed by atoms with Crippen LogP contribution in [0.4, 0.5) is 5.69 Å². The third-order valence-corrected chi connectivity index (χ3v) is 2.26. The van der Waals surface area contributed by atoms with Crippen LogP contribution in [-0.2, 0) is 11.9 Å². The highest BCUT2D eigenvalue weighted by molar-refractivity contribution is 5.59. The molecule has 2 aromatic rings. The van der Waals surface area contributed by atoms with Gasteiger partial charge in [0.25, 0.3) is 0 Å². The first kappa shape index (κ1) is 11.5. The summed E-state index contributed by atoms with van der Waals surface area (Å²) in [5.74, 6) is 0.739. The van der Waals surface area contributed by atoms with Gasteiger partial charge in [0.1, 0.15) is 6.73 Å². The predicted octanol–water partition coefficient (Wildman–Crippen LogP) is 0.397. The monoisotopic (exact) mass is 234 g/mol. The fraction of sp³-hybridized carbons (Fsp3) is 0.300. The van der Waals surface area contributed by atoms with Crippen LogP contribution in [0.5, 0.6) is 0 Å². The van der Waals surface area contributed by atoms with Crippen molar-refractivity contribution in [3.63, 3.8) is 0 Å². The number of hydrogen-bond donors (Lipinski definition) is 2. The summed E-state index contributed by atoms with van der Waals surface area (Å²) in [4.78, 5) is 4.96. The molecular weight excluding hydrogens is 220 g/mol. The molecule has 0 bridgehead atoms. The molecule has 2 N–H and O–H groups in total. The van der Waals surface area contributed by atoms with Gasteiger partial charge in [-0.05, 0) is 34.7 Å². The number of benzene rings is 1. The van der Waals surface area contributed by atoms with Crippen LogP contribution in [0.1, 0.15) is 0 Å². The predicted molar refractivity (Wildman–Crippen MR) is 62.9 cm³/mol. The molecule has 0 atom stereocenters. The maximum absolute atomic E-state index is 4.96. The maximum Gasteiger partial charge on any atom is 0.181 e. The van der Waals surface area contributed by atoms with Crippen LogP contribution in [0, 0.1) is 0 Å². The Morgan fingerprint density at radius 2 is 2.06 bits per heavy atom. The summed E-state index contributed by atoms with van der Waals surface area (Å²) in [5, 5.41) is 14.4. The molecule has 0 aliphatic heterocycles. The Bertz CT molecular complexity index is 466. The molecule has 7 nitrogen and oxygen atoms in total. The summed E-state index contributed by atoms with van der Waals surface area (Å²) < 4.78 is 1.63. The van der Waals surface area contributed by atoms with E-state index in [1.165, 1.54) is 0 Å². The SMILES string of the molecule is CNOCNc1ccc(-c2nnnn2C)cc1. The summed E-state index contributed by atoms with van der Waals surface area (Å²) in [5.41, 5.74) is 4.53. The summed E-state index contributed by atoms with van der Waals surface area (Å²) in [6.45, 7) is 0.404. The molecule has 0 fully saturated rings. The van der Waals surface area contributed by atoms with E-state index in [1.807, 2.05) is 31.3 Å². The largest absolute Gasteiger partial charge is 0.361 e. The summed E-state index contributed by atoms with van der Waals surface area (Å²) in [7, 11) is 3.52. The van der Waals surface area contributed by atoms with Gasteiger partial charge in [0.05, 0.1) is 0 Å². The number of anilines is 1. The van der Waals surface area contributed by atoms with Gasteiger partial charge in [0, 0.05) is 25.3 Å². The number of aromatic nitrogens is 4. The van der Waals surface area contributed by atoms with Crippen molar-refractivity contribution in [1.29, 1.82) is 0 Å². The van der Waals surface area contributed by atoms with Gasteiger partial charge in [-0.2, -0.15) is 0 Å². The molecule has 0 saturated heterocycles. The second-order valence-electron chi connectivity index (χ2n) is 3.37. The van der Waals surface area contributed by atoms with Crippen LogP contribution in [0.2, 0.25) is 0 Å². The number of hydroxylamine groups is 1. The lowest BCUT2D eigenvalue weighted by Crippen LogP contribution is -2.14. The summed E-state index contributed by atoms with van der Waals surface area (Å²) >= 11 is 0. The lowest BCUT2D eigenvalue weighted by atomic mass is 10.2. The number of aryl methyl sites for hydroxylation is 1. The standard InChI is InChI=1S/C10H14N6O/c1-11-17-7-12-9-5-3-8(4-6-9)10-13-14-15-16(10)2/h3-6,11-12H,7H2,1-2H3. The zero-order valence-electron chi connectivity index (χ0n) is 9.71. The van der Waals surface area contributed by atoms with Crippen LogP contribution in [0.25, 0.3) is 11.4 Å². The van der Waals surface area contributed by atoms with Gasteiger partial charge in [-0.15, -0.1) is 5.10 Å².